The van der Waals surface area contributed by atoms with Crippen molar-refractivity contribution in [2.24, 2.45) is 5.92 Å². The van der Waals surface area contributed by atoms with Gasteiger partial charge in [-0.1, -0.05) is 13.8 Å². The molecule has 25 heavy (non-hydrogen) atoms. The van der Waals surface area contributed by atoms with Crippen LogP contribution < -0.4 is 0 Å². The molecule has 0 saturated carbocycles. The van der Waals surface area contributed by atoms with E-state index in [1.807, 2.05) is 20.3 Å². The molecule has 0 bridgehead atoms. The van der Waals surface area contributed by atoms with Crippen molar-refractivity contribution in [3.63, 3.8) is 0 Å². The van der Waals surface area contributed by atoms with Crippen molar-refractivity contribution in [1.82, 2.24) is 0 Å². The van der Waals surface area contributed by atoms with Crippen molar-refractivity contribution in [3.05, 3.63) is 6.42 Å². The van der Waals surface area contributed by atoms with Crippen LogP contribution in [-0.2, 0) is 49.5 Å². The summed E-state index contributed by atoms with van der Waals surface area (Å²) in [6.45, 7) is 13.8. The standard InChI is InChI=1S/C15H29O6.C3H7.W/c1-15(2)14-21-13-12-20-11-10-19-9-8-18-7-6-17-5-3-4-16;1-3-2;/h15H,3,5-14H2,1-2H3;3H,1-2H3;/q2*-1;+2. The van der Waals surface area contributed by atoms with E-state index in [0.717, 1.165) is 6.61 Å². The fourth-order valence-electron chi connectivity index (χ4n) is 1.31. The normalized spacial score (nSPS) is 10.1. The third-order valence-electron chi connectivity index (χ3n) is 2.29. The summed E-state index contributed by atoms with van der Waals surface area (Å²) in [4.78, 5) is 9.90. The van der Waals surface area contributed by atoms with Crippen molar-refractivity contribution < 1.29 is 49.5 Å². The second-order valence-electron chi connectivity index (χ2n) is 5.39. The first-order valence-corrected chi connectivity index (χ1v) is 8.66. The summed E-state index contributed by atoms with van der Waals surface area (Å²) in [7, 11) is 0. The summed E-state index contributed by atoms with van der Waals surface area (Å²) in [5.41, 5.74) is 0. The number of hydrogen-bond acceptors (Lipinski definition) is 6. The van der Waals surface area contributed by atoms with Crippen LogP contribution in [0.5, 0.6) is 0 Å². The maximum atomic E-state index is 9.90. The Labute approximate surface area is 168 Å². The first kappa shape index (κ1) is 29.9. The van der Waals surface area contributed by atoms with Crippen molar-refractivity contribution in [1.29, 1.82) is 0 Å². The van der Waals surface area contributed by atoms with Crippen molar-refractivity contribution >= 4 is 6.29 Å². The Morgan fingerprint density at radius 3 is 1.36 bits per heavy atom. The van der Waals surface area contributed by atoms with Gasteiger partial charge in [0.1, 0.15) is 0 Å². The van der Waals surface area contributed by atoms with Crippen LogP contribution in [0.15, 0.2) is 0 Å². The van der Waals surface area contributed by atoms with Crippen LogP contribution >= 0.6 is 0 Å². The molecular weight excluding hydrogens is 496 g/mol. The van der Waals surface area contributed by atoms with Gasteiger partial charge in [0.2, 0.25) is 0 Å². The summed E-state index contributed by atoms with van der Waals surface area (Å²) in [5, 5.41) is 0. The van der Waals surface area contributed by atoms with Gasteiger partial charge in [0.15, 0.2) is 0 Å². The molecule has 0 aliphatic carbocycles. The summed E-state index contributed by atoms with van der Waals surface area (Å²) >= 11 is 0. The maximum absolute atomic E-state index is 9.90. The molecule has 0 saturated heterocycles. The summed E-state index contributed by atoms with van der Waals surface area (Å²) < 4.78 is 26.5. The molecular formula is C18H36O6W. The minimum atomic E-state index is 0. The van der Waals surface area contributed by atoms with Crippen LogP contribution in [0, 0.1) is 12.3 Å². The largest absolute Gasteiger partial charge is 2.00 e. The Hall–Kier alpha value is 0.158. The predicted molar refractivity (Wildman–Crippen MR) is 94.9 cm³/mol. The van der Waals surface area contributed by atoms with Gasteiger partial charge < -0.3 is 34.9 Å². The van der Waals surface area contributed by atoms with Gasteiger partial charge in [-0.2, -0.15) is 13.8 Å². The van der Waals surface area contributed by atoms with Gasteiger partial charge in [0, 0.05) is 13.2 Å². The predicted octanol–water partition coefficient (Wildman–Crippen LogP) is 2.45. The van der Waals surface area contributed by atoms with Crippen LogP contribution in [0.25, 0.3) is 0 Å². The first-order chi connectivity index (χ1) is 11.7. The minimum absolute atomic E-state index is 0. The SMILES string of the molecule is CC(C)COCCOCCOCCOCCOCC[C-]=O.C[CH-]C.[W+2]. The van der Waals surface area contributed by atoms with E-state index in [2.05, 4.69) is 13.8 Å². The zero-order valence-electron chi connectivity index (χ0n) is 16.3. The number of ether oxygens (including phenoxy) is 5. The molecule has 0 aromatic heterocycles. The Kier molecular flexibility index (Phi) is 34.6. The molecule has 0 N–H and O–H groups in total. The van der Waals surface area contributed by atoms with Crippen LogP contribution in [0.2, 0.25) is 0 Å². The Morgan fingerprint density at radius 2 is 1.04 bits per heavy atom. The monoisotopic (exact) mass is 532 g/mol. The average Bonchev–Trinajstić information content (AvgIpc) is 2.55. The Balaban J connectivity index is -0.00000112. The van der Waals surface area contributed by atoms with Crippen LogP contribution in [0.4, 0.5) is 0 Å². The van der Waals surface area contributed by atoms with Gasteiger partial charge >= 0.3 is 21.1 Å². The topological polar surface area (TPSA) is 63.2 Å². The van der Waals surface area contributed by atoms with Gasteiger partial charge in [-0.15, -0.1) is 6.42 Å². The maximum Gasteiger partial charge on any atom is 2.00 e. The Morgan fingerprint density at radius 1 is 0.720 bits per heavy atom. The van der Waals surface area contributed by atoms with Gasteiger partial charge in [-0.25, -0.2) is 0 Å². The van der Waals surface area contributed by atoms with E-state index in [1.165, 1.54) is 0 Å². The Bertz CT molecular complexity index is 230. The fraction of sp³-hybridized carbons (Fsp3) is 0.889. The van der Waals surface area contributed by atoms with Crippen LogP contribution in [0.3, 0.4) is 0 Å². The molecule has 0 aliphatic rings. The van der Waals surface area contributed by atoms with Crippen LogP contribution in [0.1, 0.15) is 34.1 Å². The number of rotatable bonds is 17. The molecule has 0 fully saturated rings. The van der Waals surface area contributed by atoms with E-state index in [0.29, 0.717) is 71.8 Å². The minimum Gasteiger partial charge on any atom is -0.542 e. The molecule has 0 spiro atoms. The molecule has 0 heterocycles. The van der Waals surface area contributed by atoms with Gasteiger partial charge in [0.05, 0.1) is 52.9 Å². The molecule has 7 heteroatoms. The molecule has 6 nitrogen and oxygen atoms in total. The summed E-state index contributed by atoms with van der Waals surface area (Å²) in [5.74, 6) is 0.557. The van der Waals surface area contributed by atoms with Crippen molar-refractivity contribution in [2.75, 3.05) is 66.1 Å². The third kappa shape index (κ3) is 36.0. The number of hydrogen-bond donors (Lipinski definition) is 0. The molecule has 0 unspecified atom stereocenters. The van der Waals surface area contributed by atoms with Gasteiger partial charge in [-0.05, 0) is 5.92 Å². The molecule has 0 aromatic rings. The van der Waals surface area contributed by atoms with Gasteiger partial charge in [-0.3, -0.25) is 6.29 Å². The van der Waals surface area contributed by atoms with E-state index < -0.39 is 0 Å². The first-order valence-electron chi connectivity index (χ1n) is 8.66. The second-order valence-corrected chi connectivity index (χ2v) is 5.39. The molecule has 0 aromatic carbocycles. The molecule has 0 rings (SSSR count). The van der Waals surface area contributed by atoms with Crippen molar-refractivity contribution in [2.45, 2.75) is 34.1 Å². The van der Waals surface area contributed by atoms with Crippen LogP contribution in [-0.4, -0.2) is 72.4 Å². The third-order valence-corrected chi connectivity index (χ3v) is 2.29. The van der Waals surface area contributed by atoms with E-state index >= 15 is 0 Å². The molecule has 0 atom stereocenters. The molecule has 0 radical (unpaired) electrons. The fourth-order valence-corrected chi connectivity index (χ4v) is 1.31. The zero-order chi connectivity index (χ0) is 18.3. The molecule has 0 amide bonds. The smallest absolute Gasteiger partial charge is 0.542 e. The van der Waals surface area contributed by atoms with Gasteiger partial charge in [0.25, 0.3) is 0 Å². The average molecular weight is 532 g/mol. The summed E-state index contributed by atoms with van der Waals surface area (Å²) in [6, 6.07) is 0. The molecule has 150 valence electrons. The molecule has 0 aliphatic heterocycles. The van der Waals surface area contributed by atoms with E-state index in [9.17, 15) is 4.79 Å². The van der Waals surface area contributed by atoms with E-state index in [4.69, 9.17) is 23.7 Å². The van der Waals surface area contributed by atoms with Crippen molar-refractivity contribution in [3.8, 4) is 0 Å². The van der Waals surface area contributed by atoms with E-state index in [-0.39, 0.29) is 21.1 Å². The zero-order valence-corrected chi connectivity index (χ0v) is 19.2. The summed E-state index contributed by atoms with van der Waals surface area (Å²) in [6.07, 6.45) is 4.07. The van der Waals surface area contributed by atoms with E-state index in [1.54, 1.807) is 6.29 Å². The second kappa shape index (κ2) is 28.9. The number of carbonyl (C=O) groups excluding carboxylic acids is 1. The quantitative estimate of drug-likeness (QED) is 0.212.